The summed E-state index contributed by atoms with van der Waals surface area (Å²) in [5.41, 5.74) is 6.41. The average Bonchev–Trinajstić information content (AvgIpc) is 3.28. The summed E-state index contributed by atoms with van der Waals surface area (Å²) in [4.78, 5) is 51.7. The number of benzene rings is 2. The Labute approximate surface area is 217 Å². The van der Waals surface area contributed by atoms with Crippen LogP contribution in [0, 0.1) is 20.8 Å². The van der Waals surface area contributed by atoms with Crippen LogP contribution in [-0.4, -0.2) is 33.9 Å². The van der Waals surface area contributed by atoms with Gasteiger partial charge in [-0.3, -0.25) is 19.7 Å². The topological polar surface area (TPSA) is 140 Å². The van der Waals surface area contributed by atoms with E-state index >= 15 is 0 Å². The van der Waals surface area contributed by atoms with Gasteiger partial charge < -0.3 is 20.7 Å². The Kier molecular flexibility index (Phi) is 7.17. The summed E-state index contributed by atoms with van der Waals surface area (Å²) in [6.45, 7) is 5.52. The number of fused-ring (bicyclic) bond motifs is 1. The number of carbonyl (C=O) groups excluding carboxylic acids is 3. The van der Waals surface area contributed by atoms with E-state index in [1.165, 1.54) is 6.07 Å². The summed E-state index contributed by atoms with van der Waals surface area (Å²) in [5, 5.41) is 17.2. The molecule has 37 heavy (non-hydrogen) atoms. The molecule has 3 aromatic rings. The molecule has 0 saturated heterocycles. The number of aliphatic carboxylic acids is 1. The molecule has 0 atom stereocenters. The predicted octanol–water partition coefficient (Wildman–Crippen LogP) is 5.07. The molecular formula is C27H25ClN4O5. The quantitative estimate of drug-likeness (QED) is 0.289. The molecule has 5 N–H and O–H groups in total. The summed E-state index contributed by atoms with van der Waals surface area (Å²) in [7, 11) is 0. The van der Waals surface area contributed by atoms with Crippen molar-refractivity contribution in [2.75, 3.05) is 10.6 Å². The fourth-order valence-corrected chi connectivity index (χ4v) is 4.37. The number of aromatic nitrogens is 1. The maximum Gasteiger partial charge on any atom is 0.326 e. The number of imide groups is 1. The number of nitrogens with one attached hydrogen (secondary N) is 4. The number of urea groups is 1. The minimum Gasteiger partial charge on any atom is -0.481 e. The maximum atomic E-state index is 12.7. The first-order valence-electron chi connectivity index (χ1n) is 11.5. The molecule has 1 aromatic heterocycles. The summed E-state index contributed by atoms with van der Waals surface area (Å²) in [6.07, 6.45) is 2.15. The Bertz CT molecular complexity index is 1490. The fraction of sp³-hybridized carbons (Fsp3) is 0.185. The molecule has 4 rings (SSSR count). The second-order valence-corrected chi connectivity index (χ2v) is 9.21. The zero-order chi connectivity index (χ0) is 26.9. The second kappa shape index (κ2) is 10.3. The second-order valence-electron chi connectivity index (χ2n) is 8.81. The zero-order valence-corrected chi connectivity index (χ0v) is 21.2. The van der Waals surface area contributed by atoms with E-state index in [4.69, 9.17) is 16.7 Å². The number of carboxylic acids is 1. The number of hydrogen-bond acceptors (Lipinski definition) is 4. The van der Waals surface area contributed by atoms with Gasteiger partial charge in [-0.1, -0.05) is 17.7 Å². The number of anilines is 2. The first kappa shape index (κ1) is 25.7. The average molecular weight is 521 g/mol. The van der Waals surface area contributed by atoms with Crippen molar-refractivity contribution in [3.8, 4) is 0 Å². The summed E-state index contributed by atoms with van der Waals surface area (Å²) >= 11 is 5.98. The van der Waals surface area contributed by atoms with E-state index in [9.17, 15) is 19.2 Å². The molecular weight excluding hydrogens is 496 g/mol. The van der Waals surface area contributed by atoms with Crippen LogP contribution in [0.4, 0.5) is 16.2 Å². The third-order valence-corrected chi connectivity index (χ3v) is 6.64. The lowest BCUT2D eigenvalue weighted by Gasteiger charge is -2.09. The lowest BCUT2D eigenvalue weighted by atomic mass is 10.0. The number of amides is 4. The molecule has 2 aromatic carbocycles. The molecule has 0 bridgehead atoms. The van der Waals surface area contributed by atoms with Crippen molar-refractivity contribution in [1.29, 1.82) is 0 Å². The molecule has 0 saturated carbocycles. The Morgan fingerprint density at radius 1 is 1.08 bits per heavy atom. The molecule has 9 nitrogen and oxygen atoms in total. The number of halogens is 1. The summed E-state index contributed by atoms with van der Waals surface area (Å²) < 4.78 is 0. The molecule has 0 radical (unpaired) electrons. The van der Waals surface area contributed by atoms with E-state index in [-0.39, 0.29) is 12.3 Å². The number of hydrogen-bond donors (Lipinski definition) is 5. The SMILES string of the molecule is Cc1cc(C(=O)NC(=O)Nc2ccc3c(c2)NC(=O)/C3=C\c2[nH]c(C)c(CCC(=O)O)c2C)ccc1Cl. The van der Waals surface area contributed by atoms with Gasteiger partial charge >= 0.3 is 12.0 Å². The lowest BCUT2D eigenvalue weighted by molar-refractivity contribution is -0.137. The molecule has 10 heteroatoms. The van der Waals surface area contributed by atoms with Crippen LogP contribution in [-0.2, 0) is 16.0 Å². The number of aryl methyl sites for hydroxylation is 2. The molecule has 1 aliphatic rings. The Hall–Kier alpha value is -4.37. The van der Waals surface area contributed by atoms with E-state index in [1.807, 2.05) is 13.8 Å². The summed E-state index contributed by atoms with van der Waals surface area (Å²) in [6, 6.07) is 8.93. The molecule has 4 amide bonds. The van der Waals surface area contributed by atoms with Gasteiger partial charge in [0.25, 0.3) is 11.8 Å². The smallest absolute Gasteiger partial charge is 0.326 e. The number of carboxylic acid groups (broad SMARTS) is 1. The third-order valence-electron chi connectivity index (χ3n) is 6.22. The highest BCUT2D eigenvalue weighted by atomic mass is 35.5. The monoisotopic (exact) mass is 520 g/mol. The van der Waals surface area contributed by atoms with Gasteiger partial charge in [-0.05, 0) is 80.3 Å². The van der Waals surface area contributed by atoms with Gasteiger partial charge in [-0.2, -0.15) is 0 Å². The van der Waals surface area contributed by atoms with Crippen LogP contribution in [0.3, 0.4) is 0 Å². The van der Waals surface area contributed by atoms with Gasteiger partial charge in [0.2, 0.25) is 0 Å². The Morgan fingerprint density at radius 3 is 2.54 bits per heavy atom. The maximum absolute atomic E-state index is 12.7. The van der Waals surface area contributed by atoms with Crippen molar-refractivity contribution >= 4 is 58.4 Å². The van der Waals surface area contributed by atoms with Gasteiger partial charge in [-0.25, -0.2) is 4.79 Å². The largest absolute Gasteiger partial charge is 0.481 e. The summed E-state index contributed by atoms with van der Waals surface area (Å²) in [5.74, 6) is -1.74. The number of rotatable bonds is 6. The third kappa shape index (κ3) is 5.57. The molecule has 190 valence electrons. The minimum atomic E-state index is -0.869. The molecule has 0 aliphatic carbocycles. The highest BCUT2D eigenvalue weighted by molar-refractivity contribution is 6.35. The van der Waals surface area contributed by atoms with Crippen molar-refractivity contribution in [3.05, 3.63) is 80.6 Å². The van der Waals surface area contributed by atoms with Crippen molar-refractivity contribution in [1.82, 2.24) is 10.3 Å². The first-order valence-corrected chi connectivity index (χ1v) is 11.9. The first-order chi connectivity index (χ1) is 17.5. The van der Waals surface area contributed by atoms with Gasteiger partial charge in [0.05, 0.1) is 11.3 Å². The fourth-order valence-electron chi connectivity index (χ4n) is 4.25. The van der Waals surface area contributed by atoms with E-state index in [2.05, 4.69) is 20.9 Å². The van der Waals surface area contributed by atoms with Gasteiger partial charge in [0.1, 0.15) is 0 Å². The molecule has 1 aliphatic heterocycles. The van der Waals surface area contributed by atoms with Gasteiger partial charge in [0, 0.05) is 39.6 Å². The standard InChI is InChI=1S/C27H25ClN4O5/c1-13-10-16(4-8-21(13)28)25(35)32-27(37)30-17-5-6-19-20(26(36)31-23(19)11-17)12-22-14(2)18(15(3)29-22)7-9-24(33)34/h4-6,8,10-12,29H,7,9H2,1-3H3,(H,31,36)(H,33,34)(H2,30,32,35,37)/b20-12-. The zero-order valence-electron chi connectivity index (χ0n) is 20.4. The highest BCUT2D eigenvalue weighted by Crippen LogP contribution is 2.36. The van der Waals surface area contributed by atoms with Crippen molar-refractivity contribution in [2.45, 2.75) is 33.6 Å². The molecule has 0 spiro atoms. The van der Waals surface area contributed by atoms with Crippen LogP contribution in [0.25, 0.3) is 11.6 Å². The number of aromatic amines is 1. The van der Waals surface area contributed by atoms with Crippen LogP contribution >= 0.6 is 11.6 Å². The van der Waals surface area contributed by atoms with Crippen molar-refractivity contribution < 1.29 is 24.3 Å². The van der Waals surface area contributed by atoms with Crippen LogP contribution in [0.5, 0.6) is 0 Å². The Balaban J connectivity index is 1.49. The molecule has 0 unspecified atom stereocenters. The number of carbonyl (C=O) groups is 4. The van der Waals surface area contributed by atoms with Crippen molar-refractivity contribution in [3.63, 3.8) is 0 Å². The van der Waals surface area contributed by atoms with Crippen LogP contribution in [0.15, 0.2) is 36.4 Å². The van der Waals surface area contributed by atoms with E-state index in [0.717, 1.165) is 22.5 Å². The van der Waals surface area contributed by atoms with E-state index in [1.54, 1.807) is 43.3 Å². The predicted molar refractivity (Wildman–Crippen MR) is 142 cm³/mol. The Morgan fingerprint density at radius 2 is 1.84 bits per heavy atom. The minimum absolute atomic E-state index is 0.0210. The van der Waals surface area contributed by atoms with E-state index in [0.29, 0.717) is 45.1 Å². The van der Waals surface area contributed by atoms with Crippen LogP contribution in [0.2, 0.25) is 5.02 Å². The van der Waals surface area contributed by atoms with Crippen LogP contribution < -0.4 is 16.0 Å². The van der Waals surface area contributed by atoms with Gasteiger partial charge in [0.15, 0.2) is 0 Å². The van der Waals surface area contributed by atoms with Crippen LogP contribution in [0.1, 0.15) is 50.4 Å². The van der Waals surface area contributed by atoms with E-state index < -0.39 is 17.9 Å². The number of H-pyrrole nitrogens is 1. The van der Waals surface area contributed by atoms with Gasteiger partial charge in [-0.15, -0.1) is 0 Å². The lowest BCUT2D eigenvalue weighted by Crippen LogP contribution is -2.34. The van der Waals surface area contributed by atoms with Crippen molar-refractivity contribution in [2.24, 2.45) is 0 Å². The highest BCUT2D eigenvalue weighted by Gasteiger charge is 2.25. The molecule has 2 heterocycles. The molecule has 0 fully saturated rings. The normalized spacial score (nSPS) is 13.3.